The van der Waals surface area contributed by atoms with E-state index in [0.29, 0.717) is 6.54 Å². The molecule has 0 radical (unpaired) electrons. The predicted molar refractivity (Wildman–Crippen MR) is 60.7 cm³/mol. The van der Waals surface area contributed by atoms with Crippen LogP contribution in [-0.4, -0.2) is 35.1 Å². The minimum Gasteiger partial charge on any atom is -0.480 e. The van der Waals surface area contributed by atoms with Crippen LogP contribution in [0.5, 0.6) is 0 Å². The molecule has 0 bridgehead atoms. The maximum atomic E-state index is 10.9. The normalized spacial score (nSPS) is 22.7. The highest BCUT2D eigenvalue weighted by Crippen LogP contribution is 2.18. The van der Waals surface area contributed by atoms with Crippen LogP contribution in [0.15, 0.2) is 37.0 Å². The minimum absolute atomic E-state index is 0.335. The smallest absolute Gasteiger partial charge is 0.320 e. The zero-order valence-electron chi connectivity index (χ0n) is 8.85. The SMILES string of the molecule is C=CC=C(C=C)CN1CCCC1C(=O)O. The predicted octanol–water partition coefficient (Wildman–Crippen LogP) is 1.83. The van der Waals surface area contributed by atoms with Gasteiger partial charge in [0, 0.05) is 6.54 Å². The van der Waals surface area contributed by atoms with Crippen LogP contribution < -0.4 is 0 Å². The molecule has 82 valence electrons. The average Bonchev–Trinajstić information content (AvgIpc) is 2.65. The van der Waals surface area contributed by atoms with Crippen molar-refractivity contribution in [3.8, 4) is 0 Å². The van der Waals surface area contributed by atoms with Crippen LogP contribution in [0.3, 0.4) is 0 Å². The van der Waals surface area contributed by atoms with E-state index >= 15 is 0 Å². The van der Waals surface area contributed by atoms with Gasteiger partial charge in [0.05, 0.1) is 0 Å². The third kappa shape index (κ3) is 3.06. The van der Waals surface area contributed by atoms with Crippen molar-refractivity contribution >= 4 is 5.97 Å². The number of carboxylic acids is 1. The van der Waals surface area contributed by atoms with Crippen LogP contribution in [0.1, 0.15) is 12.8 Å². The second-order valence-electron chi connectivity index (χ2n) is 3.65. The Bertz CT molecular complexity index is 294. The second-order valence-corrected chi connectivity index (χ2v) is 3.65. The molecule has 1 heterocycles. The number of rotatable bonds is 5. The maximum Gasteiger partial charge on any atom is 0.320 e. The number of carbonyl (C=O) groups is 1. The molecular weight excluding hydrogens is 190 g/mol. The van der Waals surface area contributed by atoms with Crippen LogP contribution in [0, 0.1) is 0 Å². The molecule has 1 rings (SSSR count). The molecular formula is C12H17NO2. The van der Waals surface area contributed by atoms with Gasteiger partial charge in [-0.25, -0.2) is 0 Å². The first-order chi connectivity index (χ1) is 7.19. The first kappa shape index (κ1) is 11.7. The third-order valence-electron chi connectivity index (χ3n) is 2.63. The van der Waals surface area contributed by atoms with Crippen molar-refractivity contribution in [3.05, 3.63) is 37.0 Å². The molecule has 0 aromatic rings. The molecule has 0 aliphatic carbocycles. The Labute approximate surface area is 90.4 Å². The number of hydrogen-bond donors (Lipinski definition) is 1. The Morgan fingerprint density at radius 2 is 2.27 bits per heavy atom. The number of hydrogen-bond acceptors (Lipinski definition) is 2. The standard InChI is InChI=1S/C12H17NO2/c1-3-6-10(4-2)9-13-8-5-7-11(13)12(14)15/h3-4,6,11H,1-2,5,7-9H2,(H,14,15). The summed E-state index contributed by atoms with van der Waals surface area (Å²) in [6.45, 7) is 8.81. The molecule has 0 amide bonds. The van der Waals surface area contributed by atoms with Gasteiger partial charge in [-0.15, -0.1) is 0 Å². The van der Waals surface area contributed by atoms with E-state index in [9.17, 15) is 4.79 Å². The summed E-state index contributed by atoms with van der Waals surface area (Å²) in [6.07, 6.45) is 7.01. The van der Waals surface area contributed by atoms with Crippen molar-refractivity contribution in [1.29, 1.82) is 0 Å². The van der Waals surface area contributed by atoms with Gasteiger partial charge in [-0.1, -0.05) is 31.4 Å². The highest BCUT2D eigenvalue weighted by Gasteiger charge is 2.30. The van der Waals surface area contributed by atoms with E-state index < -0.39 is 5.97 Å². The number of nitrogens with zero attached hydrogens (tertiary/aromatic N) is 1. The first-order valence-corrected chi connectivity index (χ1v) is 5.10. The van der Waals surface area contributed by atoms with Crippen molar-refractivity contribution in [2.75, 3.05) is 13.1 Å². The van der Waals surface area contributed by atoms with Crippen molar-refractivity contribution in [3.63, 3.8) is 0 Å². The topological polar surface area (TPSA) is 40.5 Å². The molecule has 15 heavy (non-hydrogen) atoms. The first-order valence-electron chi connectivity index (χ1n) is 5.10. The van der Waals surface area contributed by atoms with Crippen LogP contribution in [0.2, 0.25) is 0 Å². The Balaban J connectivity index is 2.64. The highest BCUT2D eigenvalue weighted by molar-refractivity contribution is 5.73. The molecule has 1 atom stereocenters. The van der Waals surface area contributed by atoms with Crippen LogP contribution >= 0.6 is 0 Å². The molecule has 0 saturated carbocycles. The van der Waals surface area contributed by atoms with E-state index in [2.05, 4.69) is 13.2 Å². The zero-order valence-corrected chi connectivity index (χ0v) is 8.85. The molecule has 0 aromatic heterocycles. The molecule has 1 aliphatic rings. The lowest BCUT2D eigenvalue weighted by atomic mass is 10.2. The molecule has 1 N–H and O–H groups in total. The van der Waals surface area contributed by atoms with Crippen molar-refractivity contribution < 1.29 is 9.90 Å². The quantitative estimate of drug-likeness (QED) is 0.699. The number of carboxylic acid groups (broad SMARTS) is 1. The van der Waals surface area contributed by atoms with E-state index in [1.165, 1.54) is 0 Å². The van der Waals surface area contributed by atoms with Crippen molar-refractivity contribution in [1.82, 2.24) is 4.90 Å². The van der Waals surface area contributed by atoms with E-state index in [1.807, 2.05) is 11.0 Å². The monoisotopic (exact) mass is 207 g/mol. The van der Waals surface area contributed by atoms with Gasteiger partial charge >= 0.3 is 5.97 Å². The summed E-state index contributed by atoms with van der Waals surface area (Å²) in [5.74, 6) is -0.727. The van der Waals surface area contributed by atoms with E-state index in [0.717, 1.165) is 25.0 Å². The molecule has 1 saturated heterocycles. The number of likely N-dealkylation sites (tertiary alicyclic amines) is 1. The largest absolute Gasteiger partial charge is 0.480 e. The van der Waals surface area contributed by atoms with Gasteiger partial charge in [0.15, 0.2) is 0 Å². The fraction of sp³-hybridized carbons (Fsp3) is 0.417. The fourth-order valence-corrected chi connectivity index (χ4v) is 1.87. The highest BCUT2D eigenvalue weighted by atomic mass is 16.4. The number of aliphatic carboxylic acids is 1. The fourth-order valence-electron chi connectivity index (χ4n) is 1.87. The summed E-state index contributed by atoms with van der Waals surface area (Å²) >= 11 is 0. The lowest BCUT2D eigenvalue weighted by Crippen LogP contribution is -2.36. The van der Waals surface area contributed by atoms with Crippen LogP contribution in [0.4, 0.5) is 0 Å². The minimum atomic E-state index is -0.727. The molecule has 0 aromatic carbocycles. The summed E-state index contributed by atoms with van der Waals surface area (Å²) in [7, 11) is 0. The zero-order chi connectivity index (χ0) is 11.3. The third-order valence-corrected chi connectivity index (χ3v) is 2.63. The summed E-state index contributed by atoms with van der Waals surface area (Å²) in [6, 6.07) is -0.335. The van der Waals surface area contributed by atoms with E-state index in [-0.39, 0.29) is 6.04 Å². The molecule has 1 unspecified atom stereocenters. The Hall–Kier alpha value is -1.35. The van der Waals surface area contributed by atoms with Gasteiger partial charge < -0.3 is 5.11 Å². The Morgan fingerprint density at radius 1 is 1.53 bits per heavy atom. The van der Waals surface area contributed by atoms with Gasteiger partial charge in [0.1, 0.15) is 6.04 Å². The van der Waals surface area contributed by atoms with E-state index in [4.69, 9.17) is 5.11 Å². The summed E-state index contributed by atoms with van der Waals surface area (Å²) < 4.78 is 0. The van der Waals surface area contributed by atoms with Crippen LogP contribution in [0.25, 0.3) is 0 Å². The lowest BCUT2D eigenvalue weighted by Gasteiger charge is -2.21. The van der Waals surface area contributed by atoms with Crippen molar-refractivity contribution in [2.24, 2.45) is 0 Å². The summed E-state index contributed by atoms with van der Waals surface area (Å²) in [5.41, 5.74) is 1.01. The Kier molecular flexibility index (Phi) is 4.31. The van der Waals surface area contributed by atoms with Gasteiger partial charge in [-0.3, -0.25) is 9.69 Å². The number of allylic oxidation sites excluding steroid dienone is 2. The van der Waals surface area contributed by atoms with Crippen LogP contribution in [-0.2, 0) is 4.79 Å². The second kappa shape index (κ2) is 5.51. The molecule has 0 spiro atoms. The average molecular weight is 207 g/mol. The van der Waals surface area contributed by atoms with Gasteiger partial charge in [0.2, 0.25) is 0 Å². The lowest BCUT2D eigenvalue weighted by molar-refractivity contribution is -0.141. The van der Waals surface area contributed by atoms with Gasteiger partial charge in [0.25, 0.3) is 0 Å². The summed E-state index contributed by atoms with van der Waals surface area (Å²) in [4.78, 5) is 12.9. The van der Waals surface area contributed by atoms with Gasteiger partial charge in [-0.2, -0.15) is 0 Å². The van der Waals surface area contributed by atoms with Crippen molar-refractivity contribution in [2.45, 2.75) is 18.9 Å². The molecule has 1 aliphatic heterocycles. The maximum absolute atomic E-state index is 10.9. The Morgan fingerprint density at radius 3 is 2.80 bits per heavy atom. The van der Waals surface area contributed by atoms with E-state index in [1.54, 1.807) is 12.2 Å². The molecule has 3 nitrogen and oxygen atoms in total. The van der Waals surface area contributed by atoms with Gasteiger partial charge in [-0.05, 0) is 25.0 Å². The molecule has 3 heteroatoms. The summed E-state index contributed by atoms with van der Waals surface area (Å²) in [5, 5.41) is 8.99. The molecule has 1 fully saturated rings.